The van der Waals surface area contributed by atoms with Crippen LogP contribution < -0.4 is 9.80 Å². The third kappa shape index (κ3) is 3.86. The largest absolute Gasteiger partial charge is 0.368 e. The van der Waals surface area contributed by atoms with Gasteiger partial charge in [-0.1, -0.05) is 48.5 Å². The van der Waals surface area contributed by atoms with Gasteiger partial charge in [0.1, 0.15) is 0 Å². The van der Waals surface area contributed by atoms with Crippen LogP contribution in [0.3, 0.4) is 0 Å². The number of carbonyl (C=O) groups excluding carboxylic acids is 1. The predicted octanol–water partition coefficient (Wildman–Crippen LogP) is 5.08. The number of hydrogen-bond donors (Lipinski definition) is 0. The van der Waals surface area contributed by atoms with E-state index in [4.69, 9.17) is 0 Å². The van der Waals surface area contributed by atoms with Crippen LogP contribution in [0.4, 0.5) is 21.9 Å². The van der Waals surface area contributed by atoms with Gasteiger partial charge in [0.25, 0.3) is 0 Å². The second-order valence-electron chi connectivity index (χ2n) is 7.10. The summed E-state index contributed by atoms with van der Waals surface area (Å²) in [5.74, 6) is 0. The average Bonchev–Trinajstić information content (AvgIpc) is 2.75. The lowest BCUT2D eigenvalue weighted by molar-refractivity contribution is 0.203. The molecule has 0 unspecified atom stereocenters. The van der Waals surface area contributed by atoms with Crippen molar-refractivity contribution in [2.45, 2.75) is 6.92 Å². The Kier molecular flexibility index (Phi) is 5.29. The maximum Gasteiger partial charge on any atom is 0.329 e. The minimum atomic E-state index is 0.0290. The highest BCUT2D eigenvalue weighted by molar-refractivity contribution is 5.99. The molecule has 0 aromatic heterocycles. The molecule has 3 aromatic carbocycles. The minimum absolute atomic E-state index is 0.0290. The number of nitrogens with zero attached hydrogens (tertiary/aromatic N) is 3. The van der Waals surface area contributed by atoms with Gasteiger partial charge in [-0.15, -0.1) is 0 Å². The molecule has 0 spiro atoms. The Morgan fingerprint density at radius 1 is 0.750 bits per heavy atom. The smallest absolute Gasteiger partial charge is 0.329 e. The van der Waals surface area contributed by atoms with Gasteiger partial charge >= 0.3 is 6.03 Å². The van der Waals surface area contributed by atoms with E-state index in [1.807, 2.05) is 70.5 Å². The van der Waals surface area contributed by atoms with Crippen molar-refractivity contribution in [2.75, 3.05) is 36.0 Å². The van der Waals surface area contributed by atoms with E-state index in [1.54, 1.807) is 0 Å². The van der Waals surface area contributed by atoms with Gasteiger partial charge in [-0.3, -0.25) is 4.90 Å². The van der Waals surface area contributed by atoms with Crippen LogP contribution >= 0.6 is 0 Å². The van der Waals surface area contributed by atoms with E-state index >= 15 is 0 Å². The first-order valence-electron chi connectivity index (χ1n) is 9.73. The van der Waals surface area contributed by atoms with E-state index in [2.05, 4.69) is 36.1 Å². The molecule has 1 aliphatic rings. The molecule has 4 heteroatoms. The summed E-state index contributed by atoms with van der Waals surface area (Å²) in [5.41, 5.74) is 4.27. The van der Waals surface area contributed by atoms with Crippen LogP contribution in [0.2, 0.25) is 0 Å². The summed E-state index contributed by atoms with van der Waals surface area (Å²) in [6.07, 6.45) is 0. The van der Waals surface area contributed by atoms with E-state index in [0.29, 0.717) is 13.1 Å². The topological polar surface area (TPSA) is 26.8 Å². The lowest BCUT2D eigenvalue weighted by Gasteiger charge is -2.38. The van der Waals surface area contributed by atoms with Crippen LogP contribution in [-0.2, 0) is 0 Å². The van der Waals surface area contributed by atoms with E-state index in [-0.39, 0.29) is 6.03 Å². The molecule has 3 aromatic rings. The van der Waals surface area contributed by atoms with Gasteiger partial charge in [-0.2, -0.15) is 0 Å². The first-order chi connectivity index (χ1) is 13.7. The van der Waals surface area contributed by atoms with Crippen LogP contribution in [-0.4, -0.2) is 37.1 Å². The molecule has 28 heavy (non-hydrogen) atoms. The number of piperazine rings is 1. The van der Waals surface area contributed by atoms with Gasteiger partial charge in [0.2, 0.25) is 0 Å². The Bertz CT molecular complexity index is 879. The summed E-state index contributed by atoms with van der Waals surface area (Å²) >= 11 is 0. The number of hydrogen-bond acceptors (Lipinski definition) is 2. The van der Waals surface area contributed by atoms with Crippen LogP contribution in [0, 0.1) is 6.92 Å². The second-order valence-corrected chi connectivity index (χ2v) is 7.10. The summed E-state index contributed by atoms with van der Waals surface area (Å²) in [4.78, 5) is 19.5. The molecule has 1 aliphatic heterocycles. The normalized spacial score (nSPS) is 14.0. The summed E-state index contributed by atoms with van der Waals surface area (Å²) in [6, 6.07) is 28.3. The third-order valence-corrected chi connectivity index (χ3v) is 5.14. The van der Waals surface area contributed by atoms with Crippen LogP contribution in [0.1, 0.15) is 5.56 Å². The van der Waals surface area contributed by atoms with Crippen molar-refractivity contribution in [2.24, 2.45) is 0 Å². The lowest BCUT2D eigenvalue weighted by Crippen LogP contribution is -2.52. The van der Waals surface area contributed by atoms with Gasteiger partial charge < -0.3 is 9.80 Å². The number of carbonyl (C=O) groups is 1. The molecule has 1 saturated heterocycles. The zero-order chi connectivity index (χ0) is 19.3. The number of para-hydroxylation sites is 2. The Balaban J connectivity index is 1.52. The summed E-state index contributed by atoms with van der Waals surface area (Å²) in [7, 11) is 0. The highest BCUT2D eigenvalue weighted by Crippen LogP contribution is 2.27. The first-order valence-corrected chi connectivity index (χ1v) is 9.73. The number of amides is 2. The molecule has 0 atom stereocenters. The van der Waals surface area contributed by atoms with Crippen molar-refractivity contribution in [3.63, 3.8) is 0 Å². The van der Waals surface area contributed by atoms with Gasteiger partial charge in [0.15, 0.2) is 0 Å². The molecule has 0 bridgehead atoms. The van der Waals surface area contributed by atoms with Crippen molar-refractivity contribution in [1.29, 1.82) is 0 Å². The molecule has 1 fully saturated rings. The zero-order valence-corrected chi connectivity index (χ0v) is 16.2. The van der Waals surface area contributed by atoms with Crippen LogP contribution in [0.5, 0.6) is 0 Å². The molecular weight excluding hydrogens is 346 g/mol. The molecule has 4 nitrogen and oxygen atoms in total. The number of aryl methyl sites for hydroxylation is 1. The summed E-state index contributed by atoms with van der Waals surface area (Å²) < 4.78 is 0. The molecule has 0 radical (unpaired) electrons. The van der Waals surface area contributed by atoms with E-state index in [1.165, 1.54) is 11.3 Å². The summed E-state index contributed by atoms with van der Waals surface area (Å²) in [6.45, 7) is 5.21. The molecule has 2 amide bonds. The van der Waals surface area contributed by atoms with Crippen LogP contribution in [0.15, 0.2) is 84.9 Å². The van der Waals surface area contributed by atoms with Gasteiger partial charge in [-0.05, 0) is 48.9 Å². The monoisotopic (exact) mass is 371 g/mol. The van der Waals surface area contributed by atoms with Gasteiger partial charge in [0, 0.05) is 31.9 Å². The number of anilines is 3. The van der Waals surface area contributed by atoms with E-state index in [9.17, 15) is 4.79 Å². The fourth-order valence-electron chi connectivity index (χ4n) is 3.65. The molecule has 0 saturated carbocycles. The van der Waals surface area contributed by atoms with Crippen molar-refractivity contribution < 1.29 is 4.79 Å². The van der Waals surface area contributed by atoms with E-state index < -0.39 is 0 Å². The predicted molar refractivity (Wildman–Crippen MR) is 115 cm³/mol. The molecule has 0 N–H and O–H groups in total. The summed E-state index contributed by atoms with van der Waals surface area (Å²) in [5, 5.41) is 0. The van der Waals surface area contributed by atoms with Crippen molar-refractivity contribution in [1.82, 2.24) is 4.90 Å². The van der Waals surface area contributed by atoms with Crippen molar-refractivity contribution in [3.05, 3.63) is 90.5 Å². The fraction of sp³-hybridized carbons (Fsp3) is 0.208. The number of rotatable bonds is 3. The molecule has 0 aliphatic carbocycles. The highest BCUT2D eigenvalue weighted by Gasteiger charge is 2.27. The van der Waals surface area contributed by atoms with Crippen molar-refractivity contribution >= 4 is 23.1 Å². The SMILES string of the molecule is Cc1cccc(N2CCN(C(=O)N(c3ccccc3)c3ccccc3)CC2)c1. The van der Waals surface area contributed by atoms with Gasteiger partial charge in [0.05, 0.1) is 11.4 Å². The van der Waals surface area contributed by atoms with E-state index in [0.717, 1.165) is 24.5 Å². The molecular formula is C24H25N3O. The lowest BCUT2D eigenvalue weighted by atomic mass is 10.2. The highest BCUT2D eigenvalue weighted by atomic mass is 16.2. The maximum absolute atomic E-state index is 13.4. The Labute approximate surface area is 166 Å². The Hall–Kier alpha value is -3.27. The second kappa shape index (κ2) is 8.17. The fourth-order valence-corrected chi connectivity index (χ4v) is 3.65. The standard InChI is InChI=1S/C24H25N3O/c1-20-9-8-14-23(19-20)25-15-17-26(18-16-25)24(28)27(21-10-4-2-5-11-21)22-12-6-3-7-13-22/h2-14,19H,15-18H2,1H3. The average molecular weight is 371 g/mol. The van der Waals surface area contributed by atoms with Gasteiger partial charge in [-0.25, -0.2) is 4.79 Å². The molecule has 4 rings (SSSR count). The quantitative estimate of drug-likeness (QED) is 0.642. The van der Waals surface area contributed by atoms with Crippen molar-refractivity contribution in [3.8, 4) is 0 Å². The Morgan fingerprint density at radius 3 is 1.86 bits per heavy atom. The first kappa shape index (κ1) is 18.1. The zero-order valence-electron chi connectivity index (χ0n) is 16.2. The third-order valence-electron chi connectivity index (χ3n) is 5.14. The maximum atomic E-state index is 13.4. The number of benzene rings is 3. The Morgan fingerprint density at radius 2 is 1.32 bits per heavy atom. The molecule has 142 valence electrons. The minimum Gasteiger partial charge on any atom is -0.368 e. The number of urea groups is 1. The molecule has 1 heterocycles. The van der Waals surface area contributed by atoms with Crippen LogP contribution in [0.25, 0.3) is 0 Å².